The Morgan fingerprint density at radius 1 is 0.905 bits per heavy atom. The topological polar surface area (TPSA) is 113 Å². The van der Waals surface area contributed by atoms with Gasteiger partial charge in [-0.15, -0.1) is 0 Å². The Hall–Kier alpha value is -5.05. The van der Waals surface area contributed by atoms with Gasteiger partial charge in [0.1, 0.15) is 0 Å². The van der Waals surface area contributed by atoms with Gasteiger partial charge in [-0.3, -0.25) is 9.69 Å². The Labute approximate surface area is 244 Å². The van der Waals surface area contributed by atoms with Crippen LogP contribution in [0.25, 0.3) is 33.5 Å². The van der Waals surface area contributed by atoms with Crippen molar-refractivity contribution in [2.24, 2.45) is 0 Å². The molecule has 5 aromatic rings. The third-order valence-electron chi connectivity index (χ3n) is 6.99. The van der Waals surface area contributed by atoms with Crippen LogP contribution in [0.5, 0.6) is 0 Å². The SMILES string of the molecule is CC(C)(C)N(Cc1cccc(-c2nc3ccc(C(=O)NCCCn4ccnc4)cc3nc2-c2ccccc2)c1)C(=O)O. The number of rotatable bonds is 9. The first kappa shape index (κ1) is 28.5. The molecule has 9 nitrogen and oxygen atoms in total. The Morgan fingerprint density at radius 3 is 2.36 bits per heavy atom. The van der Waals surface area contributed by atoms with Crippen LogP contribution < -0.4 is 5.32 Å². The third-order valence-corrected chi connectivity index (χ3v) is 6.99. The van der Waals surface area contributed by atoms with Gasteiger partial charge in [0.25, 0.3) is 5.91 Å². The fourth-order valence-corrected chi connectivity index (χ4v) is 4.77. The first-order valence-corrected chi connectivity index (χ1v) is 13.9. The molecular formula is C33H34N6O3. The molecule has 0 saturated carbocycles. The summed E-state index contributed by atoms with van der Waals surface area (Å²) in [5.41, 5.74) is 5.19. The van der Waals surface area contributed by atoms with Crippen molar-refractivity contribution < 1.29 is 14.7 Å². The summed E-state index contributed by atoms with van der Waals surface area (Å²) in [5.74, 6) is -0.163. The second kappa shape index (κ2) is 12.2. The Kier molecular flexibility index (Phi) is 8.28. The molecule has 2 amide bonds. The predicted octanol–water partition coefficient (Wildman–Crippen LogP) is 6.26. The summed E-state index contributed by atoms with van der Waals surface area (Å²) in [5, 5.41) is 12.8. The van der Waals surface area contributed by atoms with E-state index >= 15 is 0 Å². The number of nitrogens with one attached hydrogen (secondary N) is 1. The number of imidazole rings is 1. The highest BCUT2D eigenvalue weighted by Gasteiger charge is 2.26. The van der Waals surface area contributed by atoms with E-state index in [-0.39, 0.29) is 12.5 Å². The normalized spacial score (nSPS) is 11.4. The second-order valence-corrected chi connectivity index (χ2v) is 11.1. The Bertz CT molecular complexity index is 1690. The van der Waals surface area contributed by atoms with Crippen molar-refractivity contribution in [1.29, 1.82) is 0 Å². The molecule has 214 valence electrons. The molecule has 0 unspecified atom stereocenters. The molecule has 0 saturated heterocycles. The molecule has 0 aliphatic carbocycles. The summed E-state index contributed by atoms with van der Waals surface area (Å²) in [6, 6.07) is 22.9. The van der Waals surface area contributed by atoms with Gasteiger partial charge >= 0.3 is 6.09 Å². The zero-order valence-corrected chi connectivity index (χ0v) is 24.0. The van der Waals surface area contributed by atoms with E-state index in [0.717, 1.165) is 29.7 Å². The molecule has 0 radical (unpaired) electrons. The molecule has 5 rings (SSSR count). The molecule has 0 bridgehead atoms. The number of aryl methyl sites for hydroxylation is 1. The Balaban J connectivity index is 1.46. The molecule has 42 heavy (non-hydrogen) atoms. The minimum absolute atomic E-state index is 0.163. The number of fused-ring (bicyclic) bond motifs is 1. The van der Waals surface area contributed by atoms with Crippen LogP contribution >= 0.6 is 0 Å². The molecule has 3 aromatic carbocycles. The van der Waals surface area contributed by atoms with Gasteiger partial charge in [0.05, 0.1) is 28.7 Å². The maximum atomic E-state index is 12.9. The van der Waals surface area contributed by atoms with Gasteiger partial charge in [-0.25, -0.2) is 19.7 Å². The van der Waals surface area contributed by atoms with E-state index in [1.807, 2.05) is 92.2 Å². The zero-order chi connectivity index (χ0) is 29.7. The molecule has 0 atom stereocenters. The first-order chi connectivity index (χ1) is 20.2. The van der Waals surface area contributed by atoms with Crippen molar-refractivity contribution in [2.75, 3.05) is 6.54 Å². The van der Waals surface area contributed by atoms with Crippen LogP contribution in [-0.4, -0.2) is 53.6 Å². The van der Waals surface area contributed by atoms with Crippen LogP contribution in [0.15, 0.2) is 91.5 Å². The number of benzene rings is 3. The van der Waals surface area contributed by atoms with Crippen molar-refractivity contribution in [3.8, 4) is 22.5 Å². The Morgan fingerprint density at radius 2 is 1.64 bits per heavy atom. The molecular weight excluding hydrogens is 528 g/mol. The number of hydrogen-bond donors (Lipinski definition) is 2. The van der Waals surface area contributed by atoms with E-state index in [0.29, 0.717) is 34.5 Å². The summed E-state index contributed by atoms with van der Waals surface area (Å²) in [6.45, 7) is 7.20. The second-order valence-electron chi connectivity index (χ2n) is 11.1. The average molecular weight is 563 g/mol. The van der Waals surface area contributed by atoms with Crippen molar-refractivity contribution in [1.82, 2.24) is 29.7 Å². The number of aromatic nitrogens is 4. The number of amides is 2. The number of carbonyl (C=O) groups is 2. The lowest BCUT2D eigenvalue weighted by atomic mass is 10.00. The van der Waals surface area contributed by atoms with Gasteiger partial charge in [0, 0.05) is 54.3 Å². The minimum Gasteiger partial charge on any atom is -0.465 e. The smallest absolute Gasteiger partial charge is 0.408 e. The fraction of sp³-hybridized carbons (Fsp3) is 0.242. The van der Waals surface area contributed by atoms with Crippen molar-refractivity contribution in [3.05, 3.63) is 103 Å². The summed E-state index contributed by atoms with van der Waals surface area (Å²) in [6.07, 6.45) is 5.21. The lowest BCUT2D eigenvalue weighted by Crippen LogP contribution is -2.44. The van der Waals surface area contributed by atoms with Gasteiger partial charge in [0.15, 0.2) is 0 Å². The summed E-state index contributed by atoms with van der Waals surface area (Å²) in [4.78, 5) is 40.3. The monoisotopic (exact) mass is 562 g/mol. The van der Waals surface area contributed by atoms with Crippen LogP contribution in [0.1, 0.15) is 43.1 Å². The lowest BCUT2D eigenvalue weighted by molar-refractivity contribution is 0.0944. The molecule has 0 fully saturated rings. The molecule has 0 spiro atoms. The molecule has 0 aliphatic rings. The van der Waals surface area contributed by atoms with Crippen LogP contribution in [0.4, 0.5) is 4.79 Å². The highest BCUT2D eigenvalue weighted by Crippen LogP contribution is 2.32. The van der Waals surface area contributed by atoms with Crippen LogP contribution in [0.2, 0.25) is 0 Å². The minimum atomic E-state index is -0.971. The average Bonchev–Trinajstić information content (AvgIpc) is 3.50. The van der Waals surface area contributed by atoms with E-state index in [1.54, 1.807) is 24.7 Å². The van der Waals surface area contributed by atoms with Crippen molar-refractivity contribution in [2.45, 2.75) is 45.8 Å². The number of hydrogen-bond acceptors (Lipinski definition) is 5. The fourth-order valence-electron chi connectivity index (χ4n) is 4.77. The zero-order valence-electron chi connectivity index (χ0n) is 24.0. The standard InChI is InChI=1S/C33H34N6O3/c1-33(2,3)39(32(41)42)21-23-9-7-12-25(19-23)30-29(24-10-5-4-6-11-24)37-28-20-26(13-14-27(28)36-30)31(40)35-15-8-17-38-18-16-34-22-38/h4-7,9-14,16,18-20,22H,8,15,17,21H2,1-3H3,(H,35,40)(H,41,42). The largest absolute Gasteiger partial charge is 0.465 e. The van der Waals surface area contributed by atoms with Crippen LogP contribution in [0, 0.1) is 0 Å². The van der Waals surface area contributed by atoms with E-state index in [2.05, 4.69) is 10.3 Å². The number of carboxylic acid groups (broad SMARTS) is 1. The van der Waals surface area contributed by atoms with Crippen LogP contribution in [0.3, 0.4) is 0 Å². The summed E-state index contributed by atoms with van der Waals surface area (Å²) in [7, 11) is 0. The lowest BCUT2D eigenvalue weighted by Gasteiger charge is -2.33. The maximum absolute atomic E-state index is 12.9. The van der Waals surface area contributed by atoms with Gasteiger partial charge in [-0.2, -0.15) is 0 Å². The van der Waals surface area contributed by atoms with Gasteiger partial charge < -0.3 is 15.0 Å². The van der Waals surface area contributed by atoms with Crippen molar-refractivity contribution >= 4 is 23.0 Å². The van der Waals surface area contributed by atoms with E-state index in [4.69, 9.17) is 9.97 Å². The van der Waals surface area contributed by atoms with E-state index < -0.39 is 11.6 Å². The molecule has 2 heterocycles. The highest BCUT2D eigenvalue weighted by atomic mass is 16.4. The predicted molar refractivity (Wildman–Crippen MR) is 163 cm³/mol. The molecule has 0 aliphatic heterocycles. The highest BCUT2D eigenvalue weighted by molar-refractivity contribution is 5.98. The van der Waals surface area contributed by atoms with Gasteiger partial charge in [-0.1, -0.05) is 48.5 Å². The molecule has 2 N–H and O–H groups in total. The van der Waals surface area contributed by atoms with Crippen LogP contribution in [-0.2, 0) is 13.1 Å². The first-order valence-electron chi connectivity index (χ1n) is 13.9. The maximum Gasteiger partial charge on any atom is 0.408 e. The summed E-state index contributed by atoms with van der Waals surface area (Å²) >= 11 is 0. The van der Waals surface area contributed by atoms with Crippen molar-refractivity contribution in [3.63, 3.8) is 0 Å². The quantitative estimate of drug-likeness (QED) is 0.205. The van der Waals surface area contributed by atoms with E-state index in [9.17, 15) is 14.7 Å². The number of carbonyl (C=O) groups excluding carboxylic acids is 1. The molecule has 2 aromatic heterocycles. The third kappa shape index (κ3) is 6.63. The molecule has 9 heteroatoms. The van der Waals surface area contributed by atoms with Gasteiger partial charge in [0.2, 0.25) is 0 Å². The van der Waals surface area contributed by atoms with Gasteiger partial charge in [-0.05, 0) is 57.0 Å². The summed E-state index contributed by atoms with van der Waals surface area (Å²) < 4.78 is 1.98. The van der Waals surface area contributed by atoms with E-state index in [1.165, 1.54) is 4.90 Å². The number of nitrogens with zero attached hydrogens (tertiary/aromatic N) is 5.